The summed E-state index contributed by atoms with van der Waals surface area (Å²) < 4.78 is 11.6. The molecule has 1 aromatic carbocycles. The van der Waals surface area contributed by atoms with Gasteiger partial charge in [0.25, 0.3) is 5.91 Å². The largest absolute Gasteiger partial charge is 0.482 e. The molecule has 1 saturated heterocycles. The third-order valence-corrected chi connectivity index (χ3v) is 4.48. The summed E-state index contributed by atoms with van der Waals surface area (Å²) in [5, 5.41) is 5.58. The zero-order valence-corrected chi connectivity index (χ0v) is 14.8. The lowest BCUT2D eigenvalue weighted by atomic mass is 10.1. The summed E-state index contributed by atoms with van der Waals surface area (Å²) in [6.45, 7) is 3.37. The first-order chi connectivity index (χ1) is 13.1. The van der Waals surface area contributed by atoms with E-state index in [0.717, 1.165) is 0 Å². The lowest BCUT2D eigenvalue weighted by Gasteiger charge is -2.31. The molecule has 27 heavy (non-hydrogen) atoms. The van der Waals surface area contributed by atoms with Crippen molar-refractivity contribution in [1.29, 1.82) is 0 Å². The van der Waals surface area contributed by atoms with Crippen molar-refractivity contribution in [3.8, 4) is 11.5 Å². The van der Waals surface area contributed by atoms with Crippen molar-refractivity contribution in [1.82, 2.24) is 10.3 Å². The first-order valence-corrected chi connectivity index (χ1v) is 8.81. The van der Waals surface area contributed by atoms with Gasteiger partial charge >= 0.3 is 0 Å². The molecular formula is C19H20N4O4. The molecule has 1 fully saturated rings. The number of carbonyl (C=O) groups is 2. The second-order valence-electron chi connectivity index (χ2n) is 6.47. The zero-order valence-electron chi connectivity index (χ0n) is 14.8. The third kappa shape index (κ3) is 3.64. The van der Waals surface area contributed by atoms with Gasteiger partial charge in [-0.2, -0.15) is 0 Å². The van der Waals surface area contributed by atoms with Gasteiger partial charge in [0.05, 0.1) is 18.4 Å². The Labute approximate surface area is 156 Å². The Morgan fingerprint density at radius 2 is 2.00 bits per heavy atom. The summed E-state index contributed by atoms with van der Waals surface area (Å²) in [6, 6.07) is 10.8. The maximum absolute atomic E-state index is 12.6. The number of carbonyl (C=O) groups excluding carboxylic acids is 2. The van der Waals surface area contributed by atoms with Crippen LogP contribution in [0.2, 0.25) is 0 Å². The van der Waals surface area contributed by atoms with Crippen molar-refractivity contribution >= 4 is 23.3 Å². The SMILES string of the molecule is C[C@H]1Oc2ccccc2O[C@H]1C(=O)Nc1ccc(N2CCNC(=O)C2)nc1. The second kappa shape index (κ2) is 7.14. The normalized spacial score (nSPS) is 21.4. The second-order valence-corrected chi connectivity index (χ2v) is 6.47. The standard InChI is InChI=1S/C19H20N4O4/c1-12-18(27-15-5-3-2-4-14(15)26-12)19(25)22-13-6-7-16(21-10-13)23-9-8-20-17(24)11-23/h2-7,10,12,18H,8-9,11H2,1H3,(H,20,24)(H,22,25)/t12-,18-/m1/s1. The smallest absolute Gasteiger partial charge is 0.269 e. The Balaban J connectivity index is 1.42. The van der Waals surface area contributed by atoms with Crippen LogP contribution in [0.5, 0.6) is 11.5 Å². The van der Waals surface area contributed by atoms with Crippen LogP contribution < -0.4 is 25.0 Å². The molecule has 8 nitrogen and oxygen atoms in total. The van der Waals surface area contributed by atoms with Gasteiger partial charge < -0.3 is 25.0 Å². The Morgan fingerprint density at radius 3 is 2.70 bits per heavy atom. The number of fused-ring (bicyclic) bond motifs is 1. The molecule has 3 heterocycles. The van der Waals surface area contributed by atoms with Crippen LogP contribution in [0.4, 0.5) is 11.5 Å². The van der Waals surface area contributed by atoms with Gasteiger partial charge in [0, 0.05) is 13.1 Å². The minimum absolute atomic E-state index is 0.0239. The maximum atomic E-state index is 12.6. The highest BCUT2D eigenvalue weighted by Gasteiger charge is 2.34. The maximum Gasteiger partial charge on any atom is 0.269 e. The number of amides is 2. The molecule has 0 saturated carbocycles. The summed E-state index contributed by atoms with van der Waals surface area (Å²) >= 11 is 0. The molecule has 4 rings (SSSR count). The lowest BCUT2D eigenvalue weighted by molar-refractivity contribution is -0.128. The van der Waals surface area contributed by atoms with Crippen LogP contribution in [0.15, 0.2) is 42.6 Å². The fraction of sp³-hybridized carbons (Fsp3) is 0.316. The highest BCUT2D eigenvalue weighted by molar-refractivity contribution is 5.95. The zero-order chi connectivity index (χ0) is 18.8. The number of hydrogen-bond acceptors (Lipinski definition) is 6. The number of piperazine rings is 1. The van der Waals surface area contributed by atoms with Gasteiger partial charge in [0.2, 0.25) is 12.0 Å². The molecule has 1 aromatic heterocycles. The van der Waals surface area contributed by atoms with Crippen molar-refractivity contribution in [3.05, 3.63) is 42.6 Å². The van der Waals surface area contributed by atoms with E-state index in [1.165, 1.54) is 0 Å². The van der Waals surface area contributed by atoms with E-state index in [9.17, 15) is 9.59 Å². The van der Waals surface area contributed by atoms with Crippen molar-refractivity contribution < 1.29 is 19.1 Å². The van der Waals surface area contributed by atoms with Gasteiger partial charge in [-0.05, 0) is 31.2 Å². The highest BCUT2D eigenvalue weighted by atomic mass is 16.6. The predicted octanol–water partition coefficient (Wildman–Crippen LogP) is 1.18. The lowest BCUT2D eigenvalue weighted by Crippen LogP contribution is -2.48. The number of anilines is 2. The molecule has 2 atom stereocenters. The number of nitrogens with zero attached hydrogens (tertiary/aromatic N) is 2. The number of benzene rings is 1. The fourth-order valence-electron chi connectivity index (χ4n) is 3.10. The van der Waals surface area contributed by atoms with E-state index >= 15 is 0 Å². The molecule has 2 aliphatic heterocycles. The van der Waals surface area contributed by atoms with E-state index in [4.69, 9.17) is 9.47 Å². The number of aromatic nitrogens is 1. The van der Waals surface area contributed by atoms with E-state index in [0.29, 0.717) is 36.1 Å². The van der Waals surface area contributed by atoms with Gasteiger partial charge in [0.15, 0.2) is 11.5 Å². The van der Waals surface area contributed by atoms with E-state index < -0.39 is 12.2 Å². The van der Waals surface area contributed by atoms with E-state index in [-0.39, 0.29) is 18.4 Å². The summed E-state index contributed by atoms with van der Waals surface area (Å²) in [5.41, 5.74) is 0.555. The van der Waals surface area contributed by atoms with Crippen LogP contribution in [-0.4, -0.2) is 48.6 Å². The quantitative estimate of drug-likeness (QED) is 0.845. The Hall–Kier alpha value is -3.29. The van der Waals surface area contributed by atoms with E-state index in [1.807, 2.05) is 23.1 Å². The molecule has 0 spiro atoms. The highest BCUT2D eigenvalue weighted by Crippen LogP contribution is 2.33. The molecule has 0 radical (unpaired) electrons. The van der Waals surface area contributed by atoms with Crippen molar-refractivity contribution in [3.63, 3.8) is 0 Å². The summed E-state index contributed by atoms with van der Waals surface area (Å²) in [6.07, 6.45) is 0.395. The third-order valence-electron chi connectivity index (χ3n) is 4.48. The first kappa shape index (κ1) is 17.1. The molecule has 8 heteroatoms. The number of hydrogen-bond donors (Lipinski definition) is 2. The summed E-state index contributed by atoms with van der Waals surface area (Å²) in [5.74, 6) is 1.55. The average Bonchev–Trinajstić information content (AvgIpc) is 2.68. The van der Waals surface area contributed by atoms with Gasteiger partial charge in [-0.1, -0.05) is 12.1 Å². The molecule has 0 bridgehead atoms. The van der Waals surface area contributed by atoms with Crippen molar-refractivity contribution in [2.45, 2.75) is 19.1 Å². The van der Waals surface area contributed by atoms with E-state index in [2.05, 4.69) is 15.6 Å². The Kier molecular flexibility index (Phi) is 4.53. The van der Waals surface area contributed by atoms with Crippen LogP contribution >= 0.6 is 0 Å². The summed E-state index contributed by atoms with van der Waals surface area (Å²) in [4.78, 5) is 30.3. The molecule has 140 valence electrons. The van der Waals surface area contributed by atoms with Crippen molar-refractivity contribution in [2.24, 2.45) is 0 Å². The van der Waals surface area contributed by atoms with Crippen LogP contribution in [0.3, 0.4) is 0 Å². The van der Waals surface area contributed by atoms with Gasteiger partial charge in [-0.15, -0.1) is 0 Å². The molecule has 2 aromatic rings. The number of para-hydroxylation sites is 2. The molecule has 0 unspecified atom stereocenters. The van der Waals surface area contributed by atoms with Gasteiger partial charge in [0.1, 0.15) is 11.9 Å². The van der Waals surface area contributed by atoms with Crippen LogP contribution in [0.25, 0.3) is 0 Å². The number of pyridine rings is 1. The minimum atomic E-state index is -0.759. The summed E-state index contributed by atoms with van der Waals surface area (Å²) in [7, 11) is 0. The number of ether oxygens (including phenoxy) is 2. The molecule has 0 aliphatic carbocycles. The number of nitrogens with one attached hydrogen (secondary N) is 2. The van der Waals surface area contributed by atoms with Gasteiger partial charge in [-0.25, -0.2) is 4.98 Å². The molecule has 2 N–H and O–H groups in total. The van der Waals surface area contributed by atoms with E-state index in [1.54, 1.807) is 31.3 Å². The number of rotatable bonds is 3. The Morgan fingerprint density at radius 1 is 1.22 bits per heavy atom. The average molecular weight is 368 g/mol. The molecular weight excluding hydrogens is 348 g/mol. The first-order valence-electron chi connectivity index (χ1n) is 8.81. The Bertz CT molecular complexity index is 855. The molecule has 2 aliphatic rings. The minimum Gasteiger partial charge on any atom is -0.482 e. The predicted molar refractivity (Wildman–Crippen MR) is 99.0 cm³/mol. The fourth-order valence-corrected chi connectivity index (χ4v) is 3.10. The van der Waals surface area contributed by atoms with Crippen LogP contribution in [-0.2, 0) is 9.59 Å². The van der Waals surface area contributed by atoms with Gasteiger partial charge in [-0.3, -0.25) is 9.59 Å². The van der Waals surface area contributed by atoms with Crippen molar-refractivity contribution in [2.75, 3.05) is 29.9 Å². The van der Waals surface area contributed by atoms with Crippen LogP contribution in [0, 0.1) is 0 Å². The van der Waals surface area contributed by atoms with Crippen LogP contribution in [0.1, 0.15) is 6.92 Å². The molecule has 2 amide bonds. The monoisotopic (exact) mass is 368 g/mol. The topological polar surface area (TPSA) is 92.8 Å².